The Kier molecular flexibility index (Phi) is 3.79. The van der Waals surface area contributed by atoms with E-state index in [0.29, 0.717) is 0 Å². The molecule has 1 aromatic rings. The lowest BCUT2D eigenvalue weighted by Gasteiger charge is -2.28. The normalized spacial score (nSPS) is 17.1. The number of hydrogen-bond donors (Lipinski definition) is 1. The van der Waals surface area contributed by atoms with E-state index in [2.05, 4.69) is 33.5 Å². The summed E-state index contributed by atoms with van der Waals surface area (Å²) in [4.78, 5) is 2.45. The highest BCUT2D eigenvalue weighted by Crippen LogP contribution is 2.21. The molecule has 17 heavy (non-hydrogen) atoms. The zero-order chi connectivity index (χ0) is 12.3. The van der Waals surface area contributed by atoms with Crippen LogP contribution < -0.4 is 5.73 Å². The molecule has 1 aliphatic heterocycles. The number of rotatable bonds is 5. The maximum atomic E-state index is 5.74. The third-order valence-corrected chi connectivity index (χ3v) is 3.60. The van der Waals surface area contributed by atoms with Crippen LogP contribution >= 0.6 is 0 Å². The molecule has 0 atom stereocenters. The lowest BCUT2D eigenvalue weighted by atomic mass is 9.88. The minimum absolute atomic E-state index is 0.274. The van der Waals surface area contributed by atoms with E-state index in [1.807, 2.05) is 6.33 Å². The highest BCUT2D eigenvalue weighted by Gasteiger charge is 2.19. The van der Waals surface area contributed by atoms with Crippen LogP contribution in [0.2, 0.25) is 0 Å². The van der Waals surface area contributed by atoms with Crippen LogP contribution in [-0.4, -0.2) is 39.3 Å². The maximum absolute atomic E-state index is 5.74. The summed E-state index contributed by atoms with van der Waals surface area (Å²) >= 11 is 0. The number of aromatic nitrogens is 3. The predicted molar refractivity (Wildman–Crippen MR) is 67.4 cm³/mol. The van der Waals surface area contributed by atoms with Gasteiger partial charge in [0, 0.05) is 13.1 Å². The van der Waals surface area contributed by atoms with Gasteiger partial charge in [0.15, 0.2) is 0 Å². The van der Waals surface area contributed by atoms with Crippen molar-refractivity contribution in [3.05, 3.63) is 12.2 Å². The molecule has 1 aliphatic rings. The summed E-state index contributed by atoms with van der Waals surface area (Å²) in [5, 5.41) is 8.07. The molecule has 0 radical (unpaired) electrons. The van der Waals surface area contributed by atoms with Gasteiger partial charge in [-0.25, -0.2) is 0 Å². The van der Waals surface area contributed by atoms with Gasteiger partial charge in [0.2, 0.25) is 0 Å². The summed E-state index contributed by atoms with van der Waals surface area (Å²) in [7, 11) is 0. The van der Waals surface area contributed by atoms with Crippen LogP contribution in [0.4, 0.5) is 0 Å². The lowest BCUT2D eigenvalue weighted by Crippen LogP contribution is -2.35. The van der Waals surface area contributed by atoms with Gasteiger partial charge in [0.25, 0.3) is 0 Å². The Morgan fingerprint density at radius 1 is 1.41 bits per heavy atom. The smallest absolute Gasteiger partial charge is 0.147 e. The molecule has 2 rings (SSSR count). The van der Waals surface area contributed by atoms with E-state index in [4.69, 9.17) is 5.73 Å². The topological polar surface area (TPSA) is 60.0 Å². The third-order valence-electron chi connectivity index (χ3n) is 3.60. The molecule has 0 aromatic carbocycles. The average molecular weight is 237 g/mol. The van der Waals surface area contributed by atoms with Crippen molar-refractivity contribution in [1.29, 1.82) is 0 Å². The monoisotopic (exact) mass is 237 g/mol. The van der Waals surface area contributed by atoms with Crippen molar-refractivity contribution in [2.75, 3.05) is 19.6 Å². The van der Waals surface area contributed by atoms with Crippen LogP contribution in [0.25, 0.3) is 0 Å². The molecule has 1 aromatic heterocycles. The second kappa shape index (κ2) is 5.14. The predicted octanol–water partition coefficient (Wildman–Crippen LogP) is 0.859. The first-order valence-corrected chi connectivity index (χ1v) is 6.40. The Bertz CT molecular complexity index is 358. The van der Waals surface area contributed by atoms with E-state index >= 15 is 0 Å². The van der Waals surface area contributed by atoms with Gasteiger partial charge in [-0.1, -0.05) is 13.8 Å². The Labute approximate surface area is 103 Å². The van der Waals surface area contributed by atoms with E-state index < -0.39 is 0 Å². The molecule has 0 spiro atoms. The van der Waals surface area contributed by atoms with Gasteiger partial charge in [0.1, 0.15) is 12.2 Å². The first-order chi connectivity index (χ1) is 8.11. The second-order valence-electron chi connectivity index (χ2n) is 5.69. The van der Waals surface area contributed by atoms with Crippen LogP contribution in [0.3, 0.4) is 0 Å². The van der Waals surface area contributed by atoms with Crippen LogP contribution in [0.5, 0.6) is 0 Å². The SMILES string of the molecule is CC(C)(CN)CCCN1CCn2cnnc2C1. The van der Waals surface area contributed by atoms with Crippen molar-refractivity contribution >= 4 is 0 Å². The largest absolute Gasteiger partial charge is 0.330 e. The van der Waals surface area contributed by atoms with Crippen molar-refractivity contribution in [1.82, 2.24) is 19.7 Å². The first kappa shape index (κ1) is 12.5. The molecule has 0 fully saturated rings. The molecule has 0 amide bonds. The van der Waals surface area contributed by atoms with E-state index in [1.54, 1.807) is 0 Å². The van der Waals surface area contributed by atoms with Gasteiger partial charge in [-0.05, 0) is 31.3 Å². The fourth-order valence-electron chi connectivity index (χ4n) is 2.19. The molecular formula is C12H23N5. The quantitative estimate of drug-likeness (QED) is 0.825. The fourth-order valence-corrected chi connectivity index (χ4v) is 2.19. The highest BCUT2D eigenvalue weighted by molar-refractivity contribution is 4.89. The zero-order valence-corrected chi connectivity index (χ0v) is 10.9. The Hall–Kier alpha value is -0.940. The lowest BCUT2D eigenvalue weighted by molar-refractivity contribution is 0.200. The minimum Gasteiger partial charge on any atom is -0.330 e. The van der Waals surface area contributed by atoms with Crippen LogP contribution in [0, 0.1) is 5.41 Å². The molecule has 0 bridgehead atoms. The summed E-state index contributed by atoms with van der Waals surface area (Å²) in [6.07, 6.45) is 4.22. The molecule has 2 heterocycles. The van der Waals surface area contributed by atoms with Gasteiger partial charge in [-0.15, -0.1) is 10.2 Å². The van der Waals surface area contributed by atoms with Crippen molar-refractivity contribution in [3.8, 4) is 0 Å². The molecule has 0 aliphatic carbocycles. The molecule has 5 nitrogen and oxygen atoms in total. The van der Waals surface area contributed by atoms with Gasteiger partial charge in [-0.2, -0.15) is 0 Å². The summed E-state index contributed by atoms with van der Waals surface area (Å²) in [5.41, 5.74) is 6.01. The summed E-state index contributed by atoms with van der Waals surface area (Å²) in [5.74, 6) is 1.09. The molecule has 0 unspecified atom stereocenters. The summed E-state index contributed by atoms with van der Waals surface area (Å²) in [6, 6.07) is 0. The van der Waals surface area contributed by atoms with Gasteiger partial charge >= 0.3 is 0 Å². The van der Waals surface area contributed by atoms with Crippen molar-refractivity contribution in [2.24, 2.45) is 11.1 Å². The Morgan fingerprint density at radius 3 is 3.00 bits per heavy atom. The van der Waals surface area contributed by atoms with E-state index in [0.717, 1.165) is 38.5 Å². The molecule has 5 heteroatoms. The van der Waals surface area contributed by atoms with Crippen molar-refractivity contribution in [2.45, 2.75) is 39.8 Å². The average Bonchev–Trinajstić information content (AvgIpc) is 2.76. The van der Waals surface area contributed by atoms with Gasteiger partial charge in [-0.3, -0.25) is 4.90 Å². The van der Waals surface area contributed by atoms with Gasteiger partial charge in [0.05, 0.1) is 6.54 Å². The van der Waals surface area contributed by atoms with Crippen LogP contribution in [-0.2, 0) is 13.1 Å². The highest BCUT2D eigenvalue weighted by atomic mass is 15.3. The fraction of sp³-hybridized carbons (Fsp3) is 0.833. The molecule has 0 saturated carbocycles. The van der Waals surface area contributed by atoms with Gasteiger partial charge < -0.3 is 10.3 Å². The summed E-state index contributed by atoms with van der Waals surface area (Å²) in [6.45, 7) is 9.43. The number of nitrogens with two attached hydrogens (primary N) is 1. The maximum Gasteiger partial charge on any atom is 0.147 e. The second-order valence-corrected chi connectivity index (χ2v) is 5.69. The molecular weight excluding hydrogens is 214 g/mol. The van der Waals surface area contributed by atoms with E-state index in [1.165, 1.54) is 12.8 Å². The molecule has 96 valence electrons. The zero-order valence-electron chi connectivity index (χ0n) is 10.9. The van der Waals surface area contributed by atoms with E-state index in [9.17, 15) is 0 Å². The summed E-state index contributed by atoms with van der Waals surface area (Å²) < 4.78 is 2.14. The van der Waals surface area contributed by atoms with Crippen LogP contribution in [0.15, 0.2) is 6.33 Å². The first-order valence-electron chi connectivity index (χ1n) is 6.40. The Balaban J connectivity index is 1.75. The minimum atomic E-state index is 0.274. The van der Waals surface area contributed by atoms with E-state index in [-0.39, 0.29) is 5.41 Å². The van der Waals surface area contributed by atoms with Crippen LogP contribution in [0.1, 0.15) is 32.5 Å². The molecule has 2 N–H and O–H groups in total. The number of nitrogens with zero attached hydrogens (tertiary/aromatic N) is 4. The number of hydrogen-bond acceptors (Lipinski definition) is 4. The Morgan fingerprint density at radius 2 is 2.24 bits per heavy atom. The van der Waals surface area contributed by atoms with Crippen molar-refractivity contribution in [3.63, 3.8) is 0 Å². The number of fused-ring (bicyclic) bond motifs is 1. The van der Waals surface area contributed by atoms with Crippen molar-refractivity contribution < 1.29 is 0 Å². The standard InChI is InChI=1S/C12H23N5/c1-12(2,9-13)4-3-5-16-6-7-17-10-14-15-11(17)8-16/h10H,3-9,13H2,1-2H3. The third kappa shape index (κ3) is 3.26. The molecule has 0 saturated heterocycles.